The topological polar surface area (TPSA) is 49.1 Å². The lowest BCUT2D eigenvalue weighted by Gasteiger charge is -2.20. The third-order valence-corrected chi connectivity index (χ3v) is 2.38. The zero-order valence-corrected chi connectivity index (χ0v) is 10.5. The second-order valence-electron chi connectivity index (χ2n) is 4.69. The van der Waals surface area contributed by atoms with Crippen LogP contribution in [-0.4, -0.2) is 12.1 Å². The van der Waals surface area contributed by atoms with E-state index in [4.69, 9.17) is 4.74 Å². The van der Waals surface area contributed by atoms with Crippen molar-refractivity contribution < 1.29 is 9.47 Å². The molecular formula is C12H18N2O2. The Balaban J connectivity index is 3.60. The van der Waals surface area contributed by atoms with Crippen molar-refractivity contribution in [2.75, 3.05) is 7.11 Å². The van der Waals surface area contributed by atoms with Gasteiger partial charge in [0.1, 0.15) is 5.69 Å². The molecule has 1 aromatic heterocycles. The van der Waals surface area contributed by atoms with Gasteiger partial charge in [0.15, 0.2) is 0 Å². The number of methoxy groups -OCH3 is 1. The van der Waals surface area contributed by atoms with Crippen LogP contribution < -0.4 is 9.47 Å². The van der Waals surface area contributed by atoms with Crippen LogP contribution in [0, 0.1) is 12.1 Å². The first-order chi connectivity index (χ1) is 7.32. The Morgan fingerprint density at radius 3 is 2.38 bits per heavy atom. The number of ether oxygens (including phenoxy) is 1. The molecule has 0 bridgehead atoms. The third kappa shape index (κ3) is 2.01. The first kappa shape index (κ1) is 12.5. The molecule has 0 aromatic carbocycles. The van der Waals surface area contributed by atoms with E-state index in [2.05, 4.69) is 11.6 Å². The minimum absolute atomic E-state index is 0.178. The van der Waals surface area contributed by atoms with Crippen LogP contribution in [0.4, 0.5) is 0 Å². The molecule has 0 atom stereocenters. The maximum atomic E-state index is 11.8. The lowest BCUT2D eigenvalue weighted by molar-refractivity contribution is -0.618. The van der Waals surface area contributed by atoms with Crippen molar-refractivity contribution in [1.82, 2.24) is 4.98 Å². The van der Waals surface area contributed by atoms with Crippen LogP contribution in [0.25, 0.3) is 6.08 Å². The normalized spacial score (nSPS) is 11.3. The van der Waals surface area contributed by atoms with Crippen molar-refractivity contribution in [2.45, 2.75) is 33.1 Å². The van der Waals surface area contributed by atoms with Gasteiger partial charge in [0, 0.05) is 18.4 Å². The summed E-state index contributed by atoms with van der Waals surface area (Å²) >= 11 is 0. The van der Waals surface area contributed by atoms with Crippen LogP contribution in [0.5, 0.6) is 5.75 Å². The molecule has 1 heterocycles. The van der Waals surface area contributed by atoms with Gasteiger partial charge in [-0.15, -0.1) is 0 Å². The fraction of sp³-hybridized carbons (Fsp3) is 0.500. The molecule has 0 saturated carbocycles. The molecule has 0 N–H and O–H groups in total. The van der Waals surface area contributed by atoms with E-state index >= 15 is 0 Å². The Kier molecular flexibility index (Phi) is 3.21. The van der Waals surface area contributed by atoms with Crippen LogP contribution >= 0.6 is 0 Å². The number of nitrogens with zero attached hydrogens (tertiary/aromatic N) is 2. The second kappa shape index (κ2) is 4.12. The van der Waals surface area contributed by atoms with E-state index in [0.29, 0.717) is 17.3 Å². The van der Waals surface area contributed by atoms with Crippen LogP contribution in [0.2, 0.25) is 0 Å². The van der Waals surface area contributed by atoms with E-state index in [9.17, 15) is 5.21 Å². The van der Waals surface area contributed by atoms with Crippen molar-refractivity contribution in [1.29, 1.82) is 0 Å². The largest absolute Gasteiger partial charge is 0.710 e. The van der Waals surface area contributed by atoms with Crippen molar-refractivity contribution in [3.8, 4) is 5.75 Å². The van der Waals surface area contributed by atoms with Crippen LogP contribution in [0.15, 0.2) is 6.58 Å². The van der Waals surface area contributed by atoms with Gasteiger partial charge >= 0.3 is 5.82 Å². The Morgan fingerprint density at radius 2 is 2.00 bits per heavy atom. The Hall–Kier alpha value is -1.58. The highest BCUT2D eigenvalue weighted by molar-refractivity contribution is 5.40. The van der Waals surface area contributed by atoms with Gasteiger partial charge in [-0.25, -0.2) is 4.73 Å². The molecule has 1 rings (SSSR count). The molecule has 0 radical (unpaired) electrons. The molecule has 0 aliphatic heterocycles. The molecule has 0 aliphatic rings. The van der Waals surface area contributed by atoms with Crippen molar-refractivity contribution in [2.24, 2.45) is 0 Å². The van der Waals surface area contributed by atoms with E-state index in [1.54, 1.807) is 14.0 Å². The maximum Gasteiger partial charge on any atom is 0.326 e. The average Bonchev–Trinajstić information content (AvgIpc) is 2.20. The summed E-state index contributed by atoms with van der Waals surface area (Å²) in [6.07, 6.45) is 1.45. The van der Waals surface area contributed by atoms with Gasteiger partial charge in [0.25, 0.3) is 0 Å². The smallest absolute Gasteiger partial charge is 0.326 e. The number of aromatic nitrogens is 2. The molecule has 1 aromatic rings. The van der Waals surface area contributed by atoms with E-state index in [0.717, 1.165) is 10.4 Å². The first-order valence-electron chi connectivity index (χ1n) is 5.14. The Labute approximate surface area is 96.2 Å². The van der Waals surface area contributed by atoms with Gasteiger partial charge in [-0.05, 0) is 4.98 Å². The summed E-state index contributed by atoms with van der Waals surface area (Å²) < 4.78 is 6.00. The lowest BCUT2D eigenvalue weighted by Crippen LogP contribution is -2.37. The molecule has 0 aliphatic carbocycles. The molecule has 0 fully saturated rings. The summed E-state index contributed by atoms with van der Waals surface area (Å²) in [6.45, 7) is 11.4. The highest BCUT2D eigenvalue weighted by Gasteiger charge is 2.30. The Bertz CT molecular complexity index is 420. The minimum Gasteiger partial charge on any atom is -0.710 e. The SMILES string of the molecule is C=Cc1nc(C(C)(C)C)c(OC)c(C)[n+]1[O-]. The van der Waals surface area contributed by atoms with E-state index in [1.165, 1.54) is 6.08 Å². The third-order valence-electron chi connectivity index (χ3n) is 2.38. The predicted molar refractivity (Wildman–Crippen MR) is 63.3 cm³/mol. The molecule has 4 heteroatoms. The number of hydrogen-bond donors (Lipinski definition) is 0. The molecule has 16 heavy (non-hydrogen) atoms. The van der Waals surface area contributed by atoms with Crippen molar-refractivity contribution in [3.05, 3.63) is 29.0 Å². The average molecular weight is 222 g/mol. The Morgan fingerprint density at radius 1 is 1.44 bits per heavy atom. The predicted octanol–water partition coefficient (Wildman–Crippen LogP) is 1.97. The monoisotopic (exact) mass is 222 g/mol. The van der Waals surface area contributed by atoms with Crippen molar-refractivity contribution >= 4 is 6.08 Å². The summed E-state index contributed by atoms with van der Waals surface area (Å²) in [4.78, 5) is 4.30. The highest BCUT2D eigenvalue weighted by atomic mass is 16.5. The van der Waals surface area contributed by atoms with Crippen LogP contribution in [0.3, 0.4) is 0 Å². The number of hydrogen-bond acceptors (Lipinski definition) is 3. The quantitative estimate of drug-likeness (QED) is 0.568. The van der Waals surface area contributed by atoms with Gasteiger partial charge < -0.3 is 9.94 Å². The minimum atomic E-state index is -0.178. The standard InChI is InChI=1S/C12H18N2O2/c1-7-9-13-11(12(3,4)5)10(16-6)8(2)14(9)15/h7H,1H2,2-6H3. The second-order valence-corrected chi connectivity index (χ2v) is 4.69. The maximum absolute atomic E-state index is 11.8. The van der Waals surface area contributed by atoms with Crippen LogP contribution in [-0.2, 0) is 5.41 Å². The van der Waals surface area contributed by atoms with Gasteiger partial charge in [-0.2, -0.15) is 0 Å². The number of rotatable bonds is 2. The van der Waals surface area contributed by atoms with Crippen molar-refractivity contribution in [3.63, 3.8) is 0 Å². The summed E-state index contributed by atoms with van der Waals surface area (Å²) in [5.41, 5.74) is 1.11. The highest BCUT2D eigenvalue weighted by Crippen LogP contribution is 2.30. The molecule has 0 unspecified atom stereocenters. The summed E-state index contributed by atoms with van der Waals surface area (Å²) in [6, 6.07) is 0. The molecule has 4 nitrogen and oxygen atoms in total. The molecule has 88 valence electrons. The fourth-order valence-electron chi connectivity index (χ4n) is 1.53. The molecule has 0 saturated heterocycles. The summed E-state index contributed by atoms with van der Waals surface area (Å²) in [5.74, 6) is 0.858. The zero-order chi connectivity index (χ0) is 12.5. The van der Waals surface area contributed by atoms with Gasteiger partial charge in [0.05, 0.1) is 7.11 Å². The van der Waals surface area contributed by atoms with E-state index in [-0.39, 0.29) is 5.41 Å². The van der Waals surface area contributed by atoms with Gasteiger partial charge in [-0.1, -0.05) is 27.4 Å². The fourth-order valence-corrected chi connectivity index (χ4v) is 1.53. The van der Waals surface area contributed by atoms with E-state index in [1.807, 2.05) is 20.8 Å². The lowest BCUT2D eigenvalue weighted by atomic mass is 9.90. The van der Waals surface area contributed by atoms with Crippen LogP contribution in [0.1, 0.15) is 38.0 Å². The summed E-state index contributed by atoms with van der Waals surface area (Å²) in [5, 5.41) is 11.8. The first-order valence-corrected chi connectivity index (χ1v) is 5.14. The summed E-state index contributed by atoms with van der Waals surface area (Å²) in [7, 11) is 1.55. The van der Waals surface area contributed by atoms with Gasteiger partial charge in [0.2, 0.25) is 11.4 Å². The molecule has 0 amide bonds. The zero-order valence-electron chi connectivity index (χ0n) is 10.5. The molecular weight excluding hydrogens is 204 g/mol. The van der Waals surface area contributed by atoms with Gasteiger partial charge in [-0.3, -0.25) is 0 Å². The molecule has 0 spiro atoms. The van der Waals surface area contributed by atoms with E-state index < -0.39 is 0 Å².